The van der Waals surface area contributed by atoms with Crippen molar-refractivity contribution in [3.05, 3.63) is 71.2 Å². The Morgan fingerprint density at radius 3 is 2.35 bits per heavy atom. The lowest BCUT2D eigenvalue weighted by molar-refractivity contribution is -0.160. The molecule has 4 heterocycles. The van der Waals surface area contributed by atoms with E-state index < -0.39 is 77.3 Å². The first-order chi connectivity index (χ1) is 26.8. The summed E-state index contributed by atoms with van der Waals surface area (Å²) in [4.78, 5) is 45.6. The fraction of sp³-hybridized carbons (Fsp3) is 0.442. The molecule has 0 fully saturated rings. The number of aryl methyl sites for hydroxylation is 1. The number of pyridine rings is 1. The minimum absolute atomic E-state index is 0.0185. The Balaban J connectivity index is 1.58. The molecule has 1 amide bonds. The van der Waals surface area contributed by atoms with E-state index in [1.807, 2.05) is 19.1 Å². The largest absolute Gasteiger partial charge is 0.507 e. The molecule has 2 aliphatic rings. The van der Waals surface area contributed by atoms with Gasteiger partial charge in [-0.1, -0.05) is 45.9 Å². The molecule has 2 aromatic heterocycles. The van der Waals surface area contributed by atoms with Crippen molar-refractivity contribution >= 4 is 50.8 Å². The number of amides is 1. The highest BCUT2D eigenvalue weighted by Crippen LogP contribution is 2.54. The van der Waals surface area contributed by atoms with Gasteiger partial charge in [-0.25, -0.2) is 4.98 Å². The highest BCUT2D eigenvalue weighted by atomic mass is 16.7. The predicted molar refractivity (Wildman–Crippen MR) is 213 cm³/mol. The zero-order chi connectivity index (χ0) is 41.8. The van der Waals surface area contributed by atoms with Gasteiger partial charge in [0.2, 0.25) is 0 Å². The molecule has 0 spiro atoms. The fourth-order valence-electron chi connectivity index (χ4n) is 8.03. The molecule has 0 radical (unpaired) electrons. The average molecular weight is 786 g/mol. The number of hydrogen-bond acceptors (Lipinski definition) is 12. The van der Waals surface area contributed by atoms with E-state index in [0.29, 0.717) is 5.65 Å². The number of phenols is 2. The summed E-state index contributed by atoms with van der Waals surface area (Å²) < 4.78 is 25.5. The zero-order valence-electron chi connectivity index (χ0n) is 33.8. The van der Waals surface area contributed by atoms with Gasteiger partial charge >= 0.3 is 11.8 Å². The maximum Gasteiger partial charge on any atom is 0.312 e. The Morgan fingerprint density at radius 2 is 1.68 bits per heavy atom. The summed E-state index contributed by atoms with van der Waals surface area (Å²) in [5, 5.41) is 49.4. The van der Waals surface area contributed by atoms with Gasteiger partial charge in [-0.05, 0) is 44.5 Å². The number of nitrogens with zero attached hydrogens (tertiary/aromatic N) is 2. The molecule has 2 aromatic carbocycles. The number of aliphatic hydroxyl groups is 2. The summed E-state index contributed by atoms with van der Waals surface area (Å²) >= 11 is 0. The molecule has 14 heteroatoms. The number of ketones is 1. The number of carbonyl (C=O) groups is 3. The number of aliphatic hydroxyl groups excluding tert-OH is 2. The fourth-order valence-corrected chi connectivity index (χ4v) is 8.03. The molecule has 0 unspecified atom stereocenters. The SMILES string of the molecule is CO[C@H]1/C=C/O[C@]2(C)Oc3c(C)c(O)c4c(O)c(c5c(nc6cc(C)ccn65)c4c3C2=O)NC(=O)/C(C)=C\C=C\[C@@H](C)[C@H](O)[C@H](C)[C@@H](O)[C@@H](C)[C@H](OC(C)=O)[C@@H]1C. The molecule has 304 valence electrons. The minimum atomic E-state index is -1.96. The number of carbonyl (C=O) groups excluding carboxylic acids is 3. The maximum atomic E-state index is 14.6. The Hall–Kier alpha value is -5.44. The first-order valence-corrected chi connectivity index (χ1v) is 19.0. The summed E-state index contributed by atoms with van der Waals surface area (Å²) in [5.41, 5.74) is 2.18. The zero-order valence-corrected chi connectivity index (χ0v) is 33.8. The van der Waals surface area contributed by atoms with Crippen molar-refractivity contribution in [3.8, 4) is 17.2 Å². The molecule has 57 heavy (non-hydrogen) atoms. The number of fused-ring (bicyclic) bond motifs is 2. The lowest BCUT2D eigenvalue weighted by Gasteiger charge is -2.38. The molecule has 5 N–H and O–H groups in total. The lowest BCUT2D eigenvalue weighted by atomic mass is 9.78. The quantitative estimate of drug-likeness (QED) is 0.115. The summed E-state index contributed by atoms with van der Waals surface area (Å²) in [5.74, 6) is -6.96. The van der Waals surface area contributed by atoms with Gasteiger partial charge in [-0.15, -0.1) is 0 Å². The number of Topliss-reactive ketones (excluding diaryl/α,β-unsaturated/α-hetero) is 1. The van der Waals surface area contributed by atoms with Crippen molar-refractivity contribution in [2.75, 3.05) is 12.4 Å². The monoisotopic (exact) mass is 785 g/mol. The Labute approximate surface area is 330 Å². The van der Waals surface area contributed by atoms with E-state index in [2.05, 4.69) is 5.32 Å². The van der Waals surface area contributed by atoms with Gasteiger partial charge in [0.25, 0.3) is 11.7 Å². The number of anilines is 1. The van der Waals surface area contributed by atoms with Crippen LogP contribution < -0.4 is 10.1 Å². The van der Waals surface area contributed by atoms with Crippen molar-refractivity contribution in [3.63, 3.8) is 0 Å². The number of benzene rings is 2. The van der Waals surface area contributed by atoms with E-state index in [0.717, 1.165) is 5.56 Å². The number of imidazole rings is 1. The molecule has 0 saturated heterocycles. The van der Waals surface area contributed by atoms with Crippen LogP contribution in [-0.4, -0.2) is 84.8 Å². The first kappa shape index (κ1) is 41.2. The van der Waals surface area contributed by atoms with Gasteiger partial charge in [0.15, 0.2) is 5.75 Å². The molecule has 4 aromatic rings. The van der Waals surface area contributed by atoms with Crippen molar-refractivity contribution < 1.29 is 53.8 Å². The molecular weight excluding hydrogens is 734 g/mol. The molecule has 4 bridgehead atoms. The third-order valence-electron chi connectivity index (χ3n) is 11.5. The Kier molecular flexibility index (Phi) is 11.2. The molecule has 2 aliphatic heterocycles. The van der Waals surface area contributed by atoms with E-state index in [9.17, 15) is 34.8 Å². The summed E-state index contributed by atoms with van der Waals surface area (Å²) in [6.07, 6.45) is 5.62. The van der Waals surface area contributed by atoms with Gasteiger partial charge in [-0.2, -0.15) is 0 Å². The Morgan fingerprint density at radius 1 is 0.982 bits per heavy atom. The van der Waals surface area contributed by atoms with Crippen LogP contribution in [0.25, 0.3) is 27.5 Å². The third kappa shape index (κ3) is 7.10. The number of rotatable bonds is 2. The summed E-state index contributed by atoms with van der Waals surface area (Å²) in [6, 6.07) is 3.64. The van der Waals surface area contributed by atoms with Crippen molar-refractivity contribution in [1.82, 2.24) is 9.38 Å². The molecule has 14 nitrogen and oxygen atoms in total. The van der Waals surface area contributed by atoms with E-state index in [1.54, 1.807) is 63.4 Å². The lowest BCUT2D eigenvalue weighted by Crippen LogP contribution is -2.46. The summed E-state index contributed by atoms with van der Waals surface area (Å²) in [6.45, 7) is 14.7. The topological polar surface area (TPSA) is 198 Å². The number of phenolic OH excluding ortho intramolecular Hbond substituents is 2. The van der Waals surface area contributed by atoms with Crippen molar-refractivity contribution in [2.45, 2.75) is 92.5 Å². The second-order valence-electron chi connectivity index (χ2n) is 15.6. The third-order valence-corrected chi connectivity index (χ3v) is 11.5. The van der Waals surface area contributed by atoms with E-state index in [-0.39, 0.29) is 55.7 Å². The van der Waals surface area contributed by atoms with Gasteiger partial charge < -0.3 is 44.7 Å². The number of nitrogens with one attached hydrogen (secondary N) is 1. The number of hydrogen-bond donors (Lipinski definition) is 5. The van der Waals surface area contributed by atoms with E-state index in [1.165, 1.54) is 40.2 Å². The van der Waals surface area contributed by atoms with Crippen LogP contribution in [0.2, 0.25) is 0 Å². The highest BCUT2D eigenvalue weighted by Gasteiger charge is 2.50. The minimum Gasteiger partial charge on any atom is -0.507 e. The van der Waals surface area contributed by atoms with E-state index >= 15 is 0 Å². The van der Waals surface area contributed by atoms with Gasteiger partial charge in [0, 0.05) is 67.3 Å². The number of aromatic hydroxyl groups is 2. The molecule has 6 rings (SSSR count). The van der Waals surface area contributed by atoms with Crippen molar-refractivity contribution in [2.24, 2.45) is 23.7 Å². The number of allylic oxidation sites excluding steroid dienone is 2. The average Bonchev–Trinajstić information content (AvgIpc) is 3.67. The molecule has 0 aliphatic carbocycles. The molecule has 0 saturated carbocycles. The number of methoxy groups -OCH3 is 1. The van der Waals surface area contributed by atoms with E-state index in [4.69, 9.17) is 23.9 Å². The van der Waals surface area contributed by atoms with Gasteiger partial charge in [0.1, 0.15) is 40.0 Å². The standard InChI is InChI=1S/C43H51N3O11/c1-19-14-16-46-28(18-19)44-32-29-30-37(50)25(7)40-31(29)41(52)43(9,57-40)55-17-15-27(54-10)22(4)39(56-26(8)47)24(6)36(49)23(5)35(48)20(2)12-11-13-21(3)42(53)45-33(34(32)46)38(30)51/h11-18,20,22-24,27,35-36,39,48-51H,1-10H3,(H,45,53)/b12-11+,17-15+,21-13-/t20-,22-,23+,24-,27+,35+,36-,39-,43-/m1/s1. The predicted octanol–water partition coefficient (Wildman–Crippen LogP) is 6.16. The summed E-state index contributed by atoms with van der Waals surface area (Å²) in [7, 11) is 1.46. The van der Waals surface area contributed by atoms with Crippen LogP contribution in [0.5, 0.6) is 17.2 Å². The van der Waals surface area contributed by atoms with Gasteiger partial charge in [0.05, 0.1) is 35.5 Å². The van der Waals surface area contributed by atoms with Crippen LogP contribution >= 0.6 is 0 Å². The number of ether oxygens (including phenoxy) is 4. The second kappa shape index (κ2) is 15.5. The van der Waals surface area contributed by atoms with Crippen LogP contribution in [0.15, 0.2) is 54.5 Å². The van der Waals surface area contributed by atoms with Crippen LogP contribution in [0.1, 0.15) is 70.0 Å². The van der Waals surface area contributed by atoms with Crippen molar-refractivity contribution in [1.29, 1.82) is 0 Å². The van der Waals surface area contributed by atoms with Crippen LogP contribution in [0, 0.1) is 37.5 Å². The number of esters is 1. The second-order valence-corrected chi connectivity index (χ2v) is 15.6. The smallest absolute Gasteiger partial charge is 0.312 e. The molecular formula is C43H51N3O11. The van der Waals surface area contributed by atoms with Crippen LogP contribution in [0.4, 0.5) is 5.69 Å². The first-order valence-electron chi connectivity index (χ1n) is 19.0. The van der Waals surface area contributed by atoms with Gasteiger partial charge in [-0.3, -0.25) is 18.8 Å². The molecule has 9 atom stereocenters. The number of aromatic nitrogens is 2. The van der Waals surface area contributed by atoms with Crippen LogP contribution in [0.3, 0.4) is 0 Å². The Bertz CT molecular complexity index is 2380. The maximum absolute atomic E-state index is 14.6. The highest BCUT2D eigenvalue weighted by molar-refractivity contribution is 6.28. The van der Waals surface area contributed by atoms with Crippen LogP contribution in [-0.2, 0) is 23.8 Å². The normalized spacial score (nSPS) is 30.8.